The number of oxime groups is 1. The number of nitrogens with zero attached hydrogens (tertiary/aromatic N) is 1. The zero-order valence-corrected chi connectivity index (χ0v) is 10.5. The van der Waals surface area contributed by atoms with Crippen LogP contribution in [0.4, 0.5) is 0 Å². The fourth-order valence-corrected chi connectivity index (χ4v) is 2.29. The van der Waals surface area contributed by atoms with E-state index in [-0.39, 0.29) is 16.5 Å². The minimum Gasteiger partial charge on any atom is -0.409 e. The lowest BCUT2D eigenvalue weighted by Crippen LogP contribution is -2.41. The molecule has 0 aromatic heterocycles. The van der Waals surface area contributed by atoms with Crippen molar-refractivity contribution in [3.8, 4) is 0 Å². The van der Waals surface area contributed by atoms with Crippen LogP contribution in [0, 0.1) is 5.92 Å². The Kier molecular flexibility index (Phi) is 4.46. The summed E-state index contributed by atoms with van der Waals surface area (Å²) in [7, 11) is 0. The Balaban J connectivity index is 2.44. The van der Waals surface area contributed by atoms with E-state index in [0.717, 1.165) is 12.8 Å². The van der Waals surface area contributed by atoms with Gasteiger partial charge in [-0.05, 0) is 25.5 Å². The van der Waals surface area contributed by atoms with Gasteiger partial charge in [0.1, 0.15) is 0 Å². The fourth-order valence-electron chi connectivity index (χ4n) is 1.56. The summed E-state index contributed by atoms with van der Waals surface area (Å²) in [5.41, 5.74) is 5.45. The van der Waals surface area contributed by atoms with Crippen molar-refractivity contribution in [3.63, 3.8) is 0 Å². The second-order valence-corrected chi connectivity index (χ2v) is 5.36. The minimum atomic E-state index is -0.525. The Bertz CT molecular complexity index is 290. The molecule has 0 aliphatic heterocycles. The fraction of sp³-hybridized carbons (Fsp3) is 0.800. The van der Waals surface area contributed by atoms with E-state index in [2.05, 4.69) is 16.7 Å². The normalized spacial score (nSPS) is 20.2. The lowest BCUT2D eigenvalue weighted by Gasteiger charge is -2.17. The van der Waals surface area contributed by atoms with Crippen molar-refractivity contribution in [1.82, 2.24) is 5.32 Å². The van der Waals surface area contributed by atoms with Crippen LogP contribution in [0.5, 0.6) is 0 Å². The van der Waals surface area contributed by atoms with Gasteiger partial charge in [0.2, 0.25) is 5.91 Å². The highest BCUT2D eigenvalue weighted by Gasteiger charge is 2.42. The highest BCUT2D eigenvalue weighted by Crippen LogP contribution is 2.46. The third kappa shape index (κ3) is 3.04. The van der Waals surface area contributed by atoms with Crippen molar-refractivity contribution in [1.29, 1.82) is 0 Å². The third-order valence-electron chi connectivity index (χ3n) is 3.02. The molecule has 1 rings (SSSR count). The monoisotopic (exact) mass is 245 g/mol. The SMILES string of the molecule is CCC(C(=O)NCC1(SC)CC1)C(N)=NO. The number of carbonyl (C=O) groups excluding carboxylic acids is 1. The van der Waals surface area contributed by atoms with E-state index in [9.17, 15) is 4.79 Å². The van der Waals surface area contributed by atoms with E-state index in [1.165, 1.54) is 0 Å². The highest BCUT2D eigenvalue weighted by molar-refractivity contribution is 8.00. The Morgan fingerprint density at radius 3 is 2.69 bits per heavy atom. The lowest BCUT2D eigenvalue weighted by molar-refractivity contribution is -0.123. The molecular weight excluding hydrogens is 226 g/mol. The van der Waals surface area contributed by atoms with Gasteiger partial charge in [0.05, 0.1) is 5.92 Å². The zero-order chi connectivity index (χ0) is 12.2. The van der Waals surface area contributed by atoms with Gasteiger partial charge in [0, 0.05) is 11.3 Å². The van der Waals surface area contributed by atoms with Gasteiger partial charge in [-0.15, -0.1) is 0 Å². The average molecular weight is 245 g/mol. The Morgan fingerprint density at radius 1 is 1.69 bits per heavy atom. The number of thioether (sulfide) groups is 1. The van der Waals surface area contributed by atoms with Crippen molar-refractivity contribution in [2.24, 2.45) is 16.8 Å². The van der Waals surface area contributed by atoms with E-state index in [0.29, 0.717) is 13.0 Å². The minimum absolute atomic E-state index is 0.0194. The van der Waals surface area contributed by atoms with Crippen LogP contribution in [-0.2, 0) is 4.79 Å². The molecular formula is C10H19N3O2S. The van der Waals surface area contributed by atoms with Crippen molar-refractivity contribution in [3.05, 3.63) is 0 Å². The quantitative estimate of drug-likeness (QED) is 0.279. The van der Waals surface area contributed by atoms with Gasteiger partial charge in [0.15, 0.2) is 5.84 Å². The summed E-state index contributed by atoms with van der Waals surface area (Å²) in [6.07, 6.45) is 4.89. The number of nitrogens with one attached hydrogen (secondary N) is 1. The summed E-state index contributed by atoms with van der Waals surface area (Å²) in [5.74, 6) is -0.699. The van der Waals surface area contributed by atoms with Crippen LogP contribution in [0.1, 0.15) is 26.2 Å². The first-order chi connectivity index (χ1) is 7.58. The summed E-state index contributed by atoms with van der Waals surface area (Å²) in [4.78, 5) is 11.8. The first-order valence-electron chi connectivity index (χ1n) is 5.39. The standard InChI is InChI=1S/C10H19N3O2S/c1-3-7(8(11)13-15)9(14)12-6-10(16-2)4-5-10/h7,15H,3-6H2,1-2H3,(H2,11,13)(H,12,14). The second kappa shape index (κ2) is 5.43. The molecule has 0 bridgehead atoms. The van der Waals surface area contributed by atoms with Crippen molar-refractivity contribution < 1.29 is 10.0 Å². The van der Waals surface area contributed by atoms with E-state index in [1.807, 2.05) is 6.92 Å². The predicted molar refractivity (Wildman–Crippen MR) is 65.7 cm³/mol. The molecule has 1 aliphatic carbocycles. The van der Waals surface area contributed by atoms with Gasteiger partial charge >= 0.3 is 0 Å². The maximum Gasteiger partial charge on any atom is 0.230 e. The number of nitrogens with two attached hydrogens (primary N) is 1. The third-order valence-corrected chi connectivity index (χ3v) is 4.44. The van der Waals surface area contributed by atoms with Gasteiger partial charge in [-0.25, -0.2) is 0 Å². The van der Waals surface area contributed by atoms with E-state index in [4.69, 9.17) is 10.9 Å². The van der Waals surface area contributed by atoms with Crippen LogP contribution >= 0.6 is 11.8 Å². The summed E-state index contributed by atoms with van der Waals surface area (Å²) in [5, 5.41) is 14.3. The average Bonchev–Trinajstić information content (AvgIpc) is 3.07. The highest BCUT2D eigenvalue weighted by atomic mass is 32.2. The van der Waals surface area contributed by atoms with Gasteiger partial charge in [-0.2, -0.15) is 11.8 Å². The molecule has 0 spiro atoms. The Morgan fingerprint density at radius 2 is 2.31 bits per heavy atom. The molecule has 1 atom stereocenters. The molecule has 1 saturated carbocycles. The van der Waals surface area contributed by atoms with E-state index >= 15 is 0 Å². The molecule has 16 heavy (non-hydrogen) atoms. The molecule has 0 radical (unpaired) electrons. The maximum absolute atomic E-state index is 11.8. The summed E-state index contributed by atoms with van der Waals surface area (Å²) >= 11 is 1.79. The summed E-state index contributed by atoms with van der Waals surface area (Å²) < 4.78 is 0.235. The first kappa shape index (κ1) is 13.2. The molecule has 0 saturated heterocycles. The predicted octanol–water partition coefficient (Wildman–Crippen LogP) is 0.771. The van der Waals surface area contributed by atoms with Crippen LogP contribution < -0.4 is 11.1 Å². The second-order valence-electron chi connectivity index (χ2n) is 4.09. The zero-order valence-electron chi connectivity index (χ0n) is 9.69. The number of amidine groups is 1. The maximum atomic E-state index is 11.8. The van der Waals surface area contributed by atoms with Crippen LogP contribution in [0.3, 0.4) is 0 Å². The Hall–Kier alpha value is -0.910. The molecule has 92 valence electrons. The number of rotatable bonds is 6. The van der Waals surface area contributed by atoms with Gasteiger partial charge < -0.3 is 16.3 Å². The molecule has 4 N–H and O–H groups in total. The molecule has 1 unspecified atom stereocenters. The molecule has 6 heteroatoms. The number of amides is 1. The van der Waals surface area contributed by atoms with E-state index in [1.54, 1.807) is 11.8 Å². The molecule has 1 amide bonds. The molecule has 0 aromatic rings. The first-order valence-corrected chi connectivity index (χ1v) is 6.61. The largest absolute Gasteiger partial charge is 0.409 e. The number of hydrogen-bond acceptors (Lipinski definition) is 4. The number of carbonyl (C=O) groups is 1. The van der Waals surface area contributed by atoms with E-state index < -0.39 is 5.92 Å². The molecule has 1 aliphatic rings. The molecule has 5 nitrogen and oxygen atoms in total. The van der Waals surface area contributed by atoms with Gasteiger partial charge in [-0.1, -0.05) is 12.1 Å². The van der Waals surface area contributed by atoms with Gasteiger partial charge in [-0.3, -0.25) is 4.79 Å². The van der Waals surface area contributed by atoms with Crippen LogP contribution in [0.15, 0.2) is 5.16 Å². The van der Waals surface area contributed by atoms with Crippen molar-refractivity contribution in [2.45, 2.75) is 30.9 Å². The van der Waals surface area contributed by atoms with Crippen molar-refractivity contribution >= 4 is 23.5 Å². The van der Waals surface area contributed by atoms with Crippen molar-refractivity contribution in [2.75, 3.05) is 12.8 Å². The summed E-state index contributed by atoms with van der Waals surface area (Å²) in [6.45, 7) is 2.51. The molecule has 1 fully saturated rings. The van der Waals surface area contributed by atoms with Crippen LogP contribution in [0.25, 0.3) is 0 Å². The van der Waals surface area contributed by atoms with Gasteiger partial charge in [0.25, 0.3) is 0 Å². The molecule has 0 heterocycles. The molecule has 0 aromatic carbocycles. The topological polar surface area (TPSA) is 87.7 Å². The van der Waals surface area contributed by atoms with Crippen LogP contribution in [-0.4, -0.2) is 34.5 Å². The summed E-state index contributed by atoms with van der Waals surface area (Å²) in [6, 6.07) is 0. The van der Waals surface area contributed by atoms with Crippen LogP contribution in [0.2, 0.25) is 0 Å². The number of hydrogen-bond donors (Lipinski definition) is 3. The Labute approximate surface area is 99.8 Å². The lowest BCUT2D eigenvalue weighted by atomic mass is 10.0. The smallest absolute Gasteiger partial charge is 0.230 e.